The van der Waals surface area contributed by atoms with E-state index in [1.807, 2.05) is 12.1 Å². The predicted molar refractivity (Wildman–Crippen MR) is 96.2 cm³/mol. The van der Waals surface area contributed by atoms with Crippen LogP contribution in [0.3, 0.4) is 0 Å². The molecular weight excluding hydrogens is 322 g/mol. The van der Waals surface area contributed by atoms with Crippen LogP contribution in [0.25, 0.3) is 11.3 Å². The van der Waals surface area contributed by atoms with Gasteiger partial charge in [0.25, 0.3) is 5.91 Å². The van der Waals surface area contributed by atoms with Gasteiger partial charge in [0.1, 0.15) is 0 Å². The van der Waals surface area contributed by atoms with Gasteiger partial charge < -0.3 is 5.32 Å². The van der Waals surface area contributed by atoms with E-state index in [1.54, 1.807) is 18.3 Å². The molecule has 3 rings (SSSR count). The Labute approximate surface area is 145 Å². The van der Waals surface area contributed by atoms with Crippen LogP contribution in [0, 0.1) is 6.92 Å². The quantitative estimate of drug-likeness (QED) is 0.737. The second kappa shape index (κ2) is 7.32. The summed E-state index contributed by atoms with van der Waals surface area (Å²) in [5, 5.41) is 10.5. The number of nitrogens with one attached hydrogen (secondary N) is 2. The predicted octanol–water partition coefficient (Wildman–Crippen LogP) is 4.01. The lowest BCUT2D eigenvalue weighted by Gasteiger charge is -2.06. The highest BCUT2D eigenvalue weighted by Crippen LogP contribution is 2.22. The highest BCUT2D eigenvalue weighted by atomic mass is 35.5. The number of H-pyrrole nitrogens is 1. The maximum atomic E-state index is 12.4. The van der Waals surface area contributed by atoms with E-state index in [9.17, 15) is 4.79 Å². The molecule has 0 spiro atoms. The summed E-state index contributed by atoms with van der Waals surface area (Å²) in [7, 11) is 0. The number of hydrogen-bond donors (Lipinski definition) is 2. The molecule has 0 bridgehead atoms. The van der Waals surface area contributed by atoms with E-state index in [1.165, 1.54) is 11.1 Å². The third-order valence-corrected chi connectivity index (χ3v) is 4.09. The van der Waals surface area contributed by atoms with Crippen LogP contribution < -0.4 is 5.32 Å². The van der Waals surface area contributed by atoms with Gasteiger partial charge in [0.2, 0.25) is 0 Å². The van der Waals surface area contributed by atoms with Gasteiger partial charge in [0.05, 0.1) is 17.5 Å². The lowest BCUT2D eigenvalue weighted by atomic mass is 10.1. The molecule has 24 heavy (non-hydrogen) atoms. The third-order valence-electron chi connectivity index (χ3n) is 3.84. The molecule has 0 aliphatic heterocycles. The zero-order valence-corrected chi connectivity index (χ0v) is 14.1. The number of benzene rings is 2. The minimum atomic E-state index is -0.138. The number of amides is 1. The summed E-state index contributed by atoms with van der Waals surface area (Å²) in [4.78, 5) is 12.4. The van der Waals surface area contributed by atoms with Crippen LogP contribution in [0.2, 0.25) is 5.02 Å². The third kappa shape index (κ3) is 3.84. The van der Waals surface area contributed by atoms with Crippen LogP contribution in [0.4, 0.5) is 0 Å². The van der Waals surface area contributed by atoms with E-state index in [2.05, 4.69) is 46.7 Å². The lowest BCUT2D eigenvalue weighted by Crippen LogP contribution is -2.25. The highest BCUT2D eigenvalue weighted by molar-refractivity contribution is 6.30. The zero-order valence-electron chi connectivity index (χ0n) is 13.3. The van der Waals surface area contributed by atoms with Crippen molar-refractivity contribution in [2.24, 2.45) is 0 Å². The molecular formula is C19H18ClN3O. The summed E-state index contributed by atoms with van der Waals surface area (Å²) in [5.74, 6) is -0.138. The number of rotatable bonds is 5. The van der Waals surface area contributed by atoms with Crippen molar-refractivity contribution in [3.63, 3.8) is 0 Å². The zero-order chi connectivity index (χ0) is 16.9. The van der Waals surface area contributed by atoms with Crippen molar-refractivity contribution in [2.75, 3.05) is 6.54 Å². The van der Waals surface area contributed by atoms with E-state index in [0.29, 0.717) is 22.8 Å². The number of halogens is 1. The molecule has 0 radical (unpaired) electrons. The van der Waals surface area contributed by atoms with Gasteiger partial charge in [-0.1, -0.05) is 53.6 Å². The van der Waals surface area contributed by atoms with Gasteiger partial charge in [-0.05, 0) is 31.0 Å². The number of nitrogens with zero attached hydrogens (tertiary/aromatic N) is 1. The fourth-order valence-electron chi connectivity index (χ4n) is 2.47. The smallest absolute Gasteiger partial charge is 0.255 e. The minimum Gasteiger partial charge on any atom is -0.352 e. The van der Waals surface area contributed by atoms with E-state index in [-0.39, 0.29) is 5.91 Å². The van der Waals surface area contributed by atoms with Crippen molar-refractivity contribution < 1.29 is 4.79 Å². The fourth-order valence-corrected chi connectivity index (χ4v) is 2.59. The molecule has 122 valence electrons. The van der Waals surface area contributed by atoms with Crippen molar-refractivity contribution in [3.8, 4) is 11.3 Å². The van der Waals surface area contributed by atoms with Crippen LogP contribution in [0.1, 0.15) is 21.5 Å². The summed E-state index contributed by atoms with van der Waals surface area (Å²) < 4.78 is 0. The number of aromatic nitrogens is 2. The number of aryl methyl sites for hydroxylation is 1. The van der Waals surface area contributed by atoms with Crippen LogP contribution in [0.5, 0.6) is 0 Å². The number of hydrogen-bond acceptors (Lipinski definition) is 2. The second-order valence-corrected chi connectivity index (χ2v) is 6.09. The van der Waals surface area contributed by atoms with Gasteiger partial charge in [-0.2, -0.15) is 5.10 Å². The number of carbonyl (C=O) groups excluding carboxylic acids is 1. The van der Waals surface area contributed by atoms with Crippen LogP contribution in [0.15, 0.2) is 54.7 Å². The molecule has 0 aliphatic rings. The Morgan fingerprint density at radius 3 is 2.54 bits per heavy atom. The molecule has 1 amide bonds. The van der Waals surface area contributed by atoms with Crippen molar-refractivity contribution in [2.45, 2.75) is 13.3 Å². The first-order valence-corrected chi connectivity index (χ1v) is 8.14. The van der Waals surface area contributed by atoms with Gasteiger partial charge in [0.15, 0.2) is 0 Å². The summed E-state index contributed by atoms with van der Waals surface area (Å²) in [6.45, 7) is 2.63. The molecule has 2 aromatic carbocycles. The van der Waals surface area contributed by atoms with Gasteiger partial charge in [-0.3, -0.25) is 9.89 Å². The topological polar surface area (TPSA) is 57.8 Å². The molecule has 0 unspecified atom stereocenters. The second-order valence-electron chi connectivity index (χ2n) is 5.66. The lowest BCUT2D eigenvalue weighted by molar-refractivity contribution is 0.0955. The Hall–Kier alpha value is -2.59. The van der Waals surface area contributed by atoms with Crippen molar-refractivity contribution in [1.82, 2.24) is 15.5 Å². The summed E-state index contributed by atoms with van der Waals surface area (Å²) in [6.07, 6.45) is 2.34. The van der Waals surface area contributed by atoms with Gasteiger partial charge >= 0.3 is 0 Å². The largest absolute Gasteiger partial charge is 0.352 e. The van der Waals surface area contributed by atoms with Crippen molar-refractivity contribution in [1.29, 1.82) is 0 Å². The Kier molecular flexibility index (Phi) is 4.96. The molecule has 5 heteroatoms. The molecule has 1 heterocycles. The first-order chi connectivity index (χ1) is 11.6. The minimum absolute atomic E-state index is 0.138. The fraction of sp³-hybridized carbons (Fsp3) is 0.158. The average Bonchev–Trinajstić information content (AvgIpc) is 3.07. The molecule has 0 aliphatic carbocycles. The molecule has 0 fully saturated rings. The van der Waals surface area contributed by atoms with E-state index >= 15 is 0 Å². The molecule has 0 atom stereocenters. The normalized spacial score (nSPS) is 10.6. The first kappa shape index (κ1) is 16.3. The number of aromatic amines is 1. The van der Waals surface area contributed by atoms with Crippen LogP contribution in [-0.4, -0.2) is 22.6 Å². The SMILES string of the molecule is Cc1ccc(CCNC(=O)c2cn[nH]c2-c2ccc(Cl)cc2)cc1. The maximum Gasteiger partial charge on any atom is 0.255 e. The van der Waals surface area contributed by atoms with Gasteiger partial charge in [-0.15, -0.1) is 0 Å². The standard InChI is InChI=1S/C19H18ClN3O/c1-13-2-4-14(5-3-13)10-11-21-19(24)17-12-22-23-18(17)15-6-8-16(20)9-7-15/h2-9,12H,10-11H2,1H3,(H,21,24)(H,22,23). The molecule has 3 aromatic rings. The average molecular weight is 340 g/mol. The van der Waals surface area contributed by atoms with Crippen molar-refractivity contribution in [3.05, 3.63) is 76.4 Å². The molecule has 1 aromatic heterocycles. The summed E-state index contributed by atoms with van der Waals surface area (Å²) in [5.41, 5.74) is 4.53. The van der Waals surface area contributed by atoms with Crippen LogP contribution >= 0.6 is 11.6 Å². The monoisotopic (exact) mass is 339 g/mol. The Bertz CT molecular complexity index is 823. The summed E-state index contributed by atoms with van der Waals surface area (Å²) >= 11 is 5.91. The van der Waals surface area contributed by atoms with E-state index < -0.39 is 0 Å². The van der Waals surface area contributed by atoms with Crippen molar-refractivity contribution >= 4 is 17.5 Å². The summed E-state index contributed by atoms with van der Waals surface area (Å²) in [6, 6.07) is 15.6. The Balaban J connectivity index is 1.64. The Morgan fingerprint density at radius 2 is 1.83 bits per heavy atom. The van der Waals surface area contributed by atoms with Crippen LogP contribution in [-0.2, 0) is 6.42 Å². The molecule has 2 N–H and O–H groups in total. The van der Waals surface area contributed by atoms with E-state index in [4.69, 9.17) is 11.6 Å². The Morgan fingerprint density at radius 1 is 1.12 bits per heavy atom. The number of carbonyl (C=O) groups is 1. The highest BCUT2D eigenvalue weighted by Gasteiger charge is 2.14. The molecule has 0 saturated heterocycles. The molecule has 0 saturated carbocycles. The maximum absolute atomic E-state index is 12.4. The van der Waals surface area contributed by atoms with Gasteiger partial charge in [0, 0.05) is 17.1 Å². The van der Waals surface area contributed by atoms with E-state index in [0.717, 1.165) is 12.0 Å². The first-order valence-electron chi connectivity index (χ1n) is 7.76. The van der Waals surface area contributed by atoms with Gasteiger partial charge in [-0.25, -0.2) is 0 Å². The molecule has 4 nitrogen and oxygen atoms in total.